The van der Waals surface area contributed by atoms with Crippen molar-refractivity contribution in [1.82, 2.24) is 9.78 Å². The van der Waals surface area contributed by atoms with Crippen LogP contribution >= 0.6 is 11.8 Å². The number of aliphatic imine (C=N–C) groups is 1. The Morgan fingerprint density at radius 3 is 2.26 bits per heavy atom. The molecule has 2 heterocycles. The number of thioether (sulfide) groups is 1. The first-order chi connectivity index (χ1) is 18.2. The lowest BCUT2D eigenvalue weighted by molar-refractivity contribution is -0.396. The van der Waals surface area contributed by atoms with Gasteiger partial charge in [0.15, 0.2) is 5.17 Å². The van der Waals surface area contributed by atoms with E-state index >= 15 is 0 Å². The summed E-state index contributed by atoms with van der Waals surface area (Å²) in [6.07, 6.45) is 0. The molecule has 0 saturated heterocycles. The van der Waals surface area contributed by atoms with Crippen molar-refractivity contribution in [2.45, 2.75) is 17.9 Å². The van der Waals surface area contributed by atoms with Crippen LogP contribution in [0.15, 0.2) is 82.7 Å². The molecule has 1 N–H and O–H groups in total. The van der Waals surface area contributed by atoms with E-state index in [0.717, 1.165) is 23.5 Å². The van der Waals surface area contributed by atoms with Crippen molar-refractivity contribution in [3.8, 4) is 5.69 Å². The van der Waals surface area contributed by atoms with E-state index in [1.165, 1.54) is 24.3 Å². The first kappa shape index (κ1) is 24.6. The number of benzene rings is 3. The van der Waals surface area contributed by atoms with Crippen molar-refractivity contribution < 1.29 is 14.8 Å². The van der Waals surface area contributed by atoms with E-state index in [-0.39, 0.29) is 15.8 Å². The quantitative estimate of drug-likeness (QED) is 0.246. The van der Waals surface area contributed by atoms with E-state index in [9.17, 15) is 30.3 Å². The van der Waals surface area contributed by atoms with Crippen LogP contribution in [-0.2, 0) is 0 Å². The van der Waals surface area contributed by atoms with E-state index in [1.54, 1.807) is 23.7 Å². The average Bonchev–Trinajstić information content (AvgIpc) is 3.25. The maximum Gasteiger partial charge on any atom is 0.290 e. The van der Waals surface area contributed by atoms with Gasteiger partial charge in [0.25, 0.3) is 17.1 Å². The minimum Gasteiger partial charge on any atom is -0.319 e. The lowest BCUT2D eigenvalue weighted by atomic mass is 9.98. The average molecular weight is 532 g/mol. The molecule has 38 heavy (non-hydrogen) atoms. The second-order valence-electron chi connectivity index (χ2n) is 8.18. The molecule has 1 aromatic heterocycles. The number of para-hydroxylation sites is 1. The number of nitrogens with zero attached hydrogens (tertiary/aromatic N) is 6. The standard InChI is InChI=1S/C24H17N7O6S/c1-14-21-22(15-6-5-9-17(12-15)29(32)33)25-24(26-23(21)28(27-14)16-7-3-2-4-8-16)38-20-11-10-18(30(34)35)13-19(20)31(36)37/h2-13,22H,1H3,(H,25,26). The molecule has 0 spiro atoms. The van der Waals surface area contributed by atoms with Crippen LogP contribution in [0.2, 0.25) is 0 Å². The first-order valence-electron chi connectivity index (χ1n) is 11.1. The molecule has 0 amide bonds. The number of rotatable bonds is 6. The van der Waals surface area contributed by atoms with Gasteiger partial charge in [-0.1, -0.05) is 30.3 Å². The van der Waals surface area contributed by atoms with E-state index < -0.39 is 32.2 Å². The molecule has 0 bridgehead atoms. The normalized spacial score (nSPS) is 14.2. The Morgan fingerprint density at radius 1 is 0.868 bits per heavy atom. The van der Waals surface area contributed by atoms with Crippen molar-refractivity contribution in [2.24, 2.45) is 4.99 Å². The molecule has 1 unspecified atom stereocenters. The Balaban J connectivity index is 1.65. The highest BCUT2D eigenvalue weighted by Crippen LogP contribution is 2.42. The first-order valence-corrected chi connectivity index (χ1v) is 11.9. The predicted molar refractivity (Wildman–Crippen MR) is 140 cm³/mol. The maximum absolute atomic E-state index is 11.7. The summed E-state index contributed by atoms with van der Waals surface area (Å²) in [5.74, 6) is 0.548. The van der Waals surface area contributed by atoms with Gasteiger partial charge < -0.3 is 5.32 Å². The fraction of sp³-hybridized carbons (Fsp3) is 0.0833. The Morgan fingerprint density at radius 2 is 1.58 bits per heavy atom. The van der Waals surface area contributed by atoms with Gasteiger partial charge in [-0.15, -0.1) is 0 Å². The molecule has 1 atom stereocenters. The maximum atomic E-state index is 11.7. The molecule has 0 fully saturated rings. The summed E-state index contributed by atoms with van der Waals surface area (Å²) in [5.41, 5.74) is 1.65. The van der Waals surface area contributed by atoms with Crippen molar-refractivity contribution >= 4 is 39.8 Å². The third-order valence-electron chi connectivity index (χ3n) is 5.81. The Bertz CT molecular complexity index is 1640. The number of aryl methyl sites for hydroxylation is 1. The van der Waals surface area contributed by atoms with Gasteiger partial charge in [-0.3, -0.25) is 30.3 Å². The summed E-state index contributed by atoms with van der Waals surface area (Å²) in [6.45, 7) is 1.80. The van der Waals surface area contributed by atoms with E-state index in [2.05, 4.69) is 10.4 Å². The zero-order valence-corrected chi connectivity index (χ0v) is 20.4. The molecule has 5 rings (SSSR count). The van der Waals surface area contributed by atoms with Crippen molar-refractivity contribution in [2.75, 3.05) is 5.32 Å². The van der Waals surface area contributed by atoms with Crippen LogP contribution in [0.5, 0.6) is 0 Å². The van der Waals surface area contributed by atoms with Gasteiger partial charge in [-0.05, 0) is 42.4 Å². The Labute approximate surface area is 218 Å². The van der Waals surface area contributed by atoms with Gasteiger partial charge in [0.2, 0.25) is 0 Å². The minimum atomic E-state index is -0.705. The molecule has 1 aliphatic heterocycles. The summed E-state index contributed by atoms with van der Waals surface area (Å²) in [4.78, 5) is 37.3. The molecule has 13 nitrogen and oxygen atoms in total. The van der Waals surface area contributed by atoms with Gasteiger partial charge in [-0.25, -0.2) is 9.67 Å². The lowest BCUT2D eigenvalue weighted by Crippen LogP contribution is -2.20. The molecule has 1 aliphatic rings. The summed E-state index contributed by atoms with van der Waals surface area (Å²) >= 11 is 0.925. The third-order valence-corrected chi connectivity index (χ3v) is 6.77. The minimum absolute atomic E-state index is 0.105. The number of nitrogens with one attached hydrogen (secondary N) is 1. The van der Waals surface area contributed by atoms with Gasteiger partial charge >= 0.3 is 0 Å². The summed E-state index contributed by atoms with van der Waals surface area (Å²) in [7, 11) is 0. The zero-order valence-electron chi connectivity index (χ0n) is 19.5. The smallest absolute Gasteiger partial charge is 0.290 e. The number of hydrogen-bond acceptors (Lipinski definition) is 10. The molecule has 0 aliphatic carbocycles. The molecule has 190 valence electrons. The van der Waals surface area contributed by atoms with Crippen LogP contribution in [0.3, 0.4) is 0 Å². The molecular formula is C24H17N7O6S. The second kappa shape index (κ2) is 9.74. The number of aromatic nitrogens is 2. The number of non-ortho nitro benzene ring substituents is 2. The monoisotopic (exact) mass is 531 g/mol. The highest BCUT2D eigenvalue weighted by molar-refractivity contribution is 8.14. The van der Waals surface area contributed by atoms with Crippen LogP contribution in [0, 0.1) is 37.3 Å². The van der Waals surface area contributed by atoms with Crippen LogP contribution in [0.4, 0.5) is 22.9 Å². The van der Waals surface area contributed by atoms with Gasteiger partial charge in [0.05, 0.1) is 37.1 Å². The third kappa shape index (κ3) is 4.55. The summed E-state index contributed by atoms with van der Waals surface area (Å²) in [5, 5.41) is 42.4. The fourth-order valence-electron chi connectivity index (χ4n) is 4.11. The van der Waals surface area contributed by atoms with E-state index in [4.69, 9.17) is 4.99 Å². The van der Waals surface area contributed by atoms with Gasteiger partial charge in [0.1, 0.15) is 11.9 Å². The Kier molecular flexibility index (Phi) is 6.30. The number of nitro benzene ring substituents is 3. The topological polar surface area (TPSA) is 172 Å². The molecule has 0 saturated carbocycles. The van der Waals surface area contributed by atoms with Crippen molar-refractivity contribution in [1.29, 1.82) is 0 Å². The number of nitro groups is 3. The fourth-order valence-corrected chi connectivity index (χ4v) is 5.00. The Hall–Kier alpha value is -5.11. The molecule has 3 aromatic carbocycles. The number of amidine groups is 1. The molecule has 4 aromatic rings. The van der Waals surface area contributed by atoms with Gasteiger partial charge in [-0.2, -0.15) is 5.10 Å². The van der Waals surface area contributed by atoms with Crippen molar-refractivity contribution in [3.05, 3.63) is 120 Å². The van der Waals surface area contributed by atoms with Crippen LogP contribution in [0.25, 0.3) is 5.69 Å². The number of hydrogen-bond donors (Lipinski definition) is 1. The highest BCUT2D eigenvalue weighted by Gasteiger charge is 2.32. The second-order valence-corrected chi connectivity index (χ2v) is 9.21. The predicted octanol–water partition coefficient (Wildman–Crippen LogP) is 5.57. The summed E-state index contributed by atoms with van der Waals surface area (Å²) in [6, 6.07) is 18.0. The molecule has 0 radical (unpaired) electrons. The van der Waals surface area contributed by atoms with Crippen LogP contribution < -0.4 is 5.32 Å². The van der Waals surface area contributed by atoms with Gasteiger partial charge in [0, 0.05) is 23.8 Å². The molecular weight excluding hydrogens is 514 g/mol. The number of fused-ring (bicyclic) bond motifs is 1. The number of anilines is 1. The van der Waals surface area contributed by atoms with Crippen molar-refractivity contribution in [3.63, 3.8) is 0 Å². The molecule has 14 heteroatoms. The lowest BCUT2D eigenvalue weighted by Gasteiger charge is -2.24. The summed E-state index contributed by atoms with van der Waals surface area (Å²) < 4.78 is 1.68. The SMILES string of the molecule is Cc1nn(-c2ccccc2)c2c1C(c1cccc([N+](=O)[O-])c1)N=C(Sc1ccc([N+](=O)[O-])cc1[N+](=O)[O-])N2. The zero-order chi connectivity index (χ0) is 27.0. The van der Waals surface area contributed by atoms with Crippen LogP contribution in [0.1, 0.15) is 22.9 Å². The van der Waals surface area contributed by atoms with E-state index in [0.29, 0.717) is 22.6 Å². The highest BCUT2D eigenvalue weighted by atomic mass is 32.2. The van der Waals surface area contributed by atoms with E-state index in [1.807, 2.05) is 30.3 Å². The van der Waals surface area contributed by atoms with Crippen LogP contribution in [-0.4, -0.2) is 29.7 Å². The largest absolute Gasteiger partial charge is 0.319 e.